The number of rotatable bonds is 8. The van der Waals surface area contributed by atoms with Gasteiger partial charge in [-0.25, -0.2) is 8.42 Å². The number of sulfonamides is 1. The van der Waals surface area contributed by atoms with Crippen molar-refractivity contribution >= 4 is 21.6 Å². The van der Waals surface area contributed by atoms with E-state index in [0.29, 0.717) is 17.0 Å². The smallest absolute Gasteiger partial charge is 0.243 e. The number of carbonyl (C=O) groups is 1. The second-order valence-corrected chi connectivity index (χ2v) is 8.08. The largest absolute Gasteiger partial charge is 0.496 e. The fourth-order valence-corrected chi connectivity index (χ4v) is 4.18. The van der Waals surface area contributed by atoms with Crippen molar-refractivity contribution in [3.05, 3.63) is 53.6 Å². The Labute approximate surface area is 165 Å². The van der Waals surface area contributed by atoms with Gasteiger partial charge >= 0.3 is 0 Å². The van der Waals surface area contributed by atoms with Crippen molar-refractivity contribution in [1.82, 2.24) is 4.31 Å². The minimum atomic E-state index is -3.82. The first kappa shape index (κ1) is 21.4. The van der Waals surface area contributed by atoms with Crippen LogP contribution >= 0.6 is 0 Å². The van der Waals surface area contributed by atoms with E-state index in [1.807, 2.05) is 0 Å². The van der Waals surface area contributed by atoms with Crippen LogP contribution in [0.2, 0.25) is 0 Å². The molecule has 0 spiro atoms. The number of nitrogens with zero attached hydrogens (tertiary/aromatic N) is 2. The van der Waals surface area contributed by atoms with Gasteiger partial charge in [-0.05, 0) is 48.4 Å². The van der Waals surface area contributed by atoms with Gasteiger partial charge in [-0.1, -0.05) is 19.1 Å². The topological polar surface area (TPSA) is 99.5 Å². The highest BCUT2D eigenvalue weighted by Crippen LogP contribution is 2.23. The first-order valence-corrected chi connectivity index (χ1v) is 10.2. The van der Waals surface area contributed by atoms with Gasteiger partial charge in [0.1, 0.15) is 5.75 Å². The minimum absolute atomic E-state index is 0.112. The quantitative estimate of drug-likeness (QED) is 0.733. The lowest BCUT2D eigenvalue weighted by molar-refractivity contribution is -0.116. The van der Waals surface area contributed by atoms with Gasteiger partial charge in [0.2, 0.25) is 15.9 Å². The lowest BCUT2D eigenvalue weighted by Gasteiger charge is -2.20. The number of nitriles is 1. The van der Waals surface area contributed by atoms with E-state index in [9.17, 15) is 13.2 Å². The molecule has 0 fully saturated rings. The van der Waals surface area contributed by atoms with Crippen molar-refractivity contribution in [2.24, 2.45) is 0 Å². The summed E-state index contributed by atoms with van der Waals surface area (Å²) in [5, 5.41) is 11.4. The van der Waals surface area contributed by atoms with Gasteiger partial charge in [0, 0.05) is 12.2 Å². The second-order valence-electron chi connectivity index (χ2n) is 6.14. The summed E-state index contributed by atoms with van der Waals surface area (Å²) in [7, 11) is -2.30. The molecule has 1 N–H and O–H groups in total. The highest BCUT2D eigenvalue weighted by atomic mass is 32.2. The van der Waals surface area contributed by atoms with Gasteiger partial charge in [-0.2, -0.15) is 9.57 Å². The van der Waals surface area contributed by atoms with E-state index in [0.717, 1.165) is 9.87 Å². The van der Waals surface area contributed by atoms with E-state index in [-0.39, 0.29) is 24.4 Å². The zero-order valence-corrected chi connectivity index (χ0v) is 16.9. The van der Waals surface area contributed by atoms with E-state index in [1.165, 1.54) is 19.2 Å². The Morgan fingerprint density at radius 1 is 1.21 bits per heavy atom. The molecule has 0 unspecified atom stereocenters. The number of hydrogen-bond donors (Lipinski definition) is 1. The minimum Gasteiger partial charge on any atom is -0.496 e. The predicted octanol–water partition coefficient (Wildman–Crippen LogP) is 2.72. The maximum Gasteiger partial charge on any atom is 0.243 e. The Morgan fingerprint density at radius 3 is 2.43 bits per heavy atom. The van der Waals surface area contributed by atoms with E-state index in [4.69, 9.17) is 10.00 Å². The third-order valence-electron chi connectivity index (χ3n) is 4.20. The molecule has 28 heavy (non-hydrogen) atoms. The molecule has 2 aromatic carbocycles. The number of ether oxygens (including phenoxy) is 1. The van der Waals surface area contributed by atoms with Crippen molar-refractivity contribution in [1.29, 1.82) is 5.26 Å². The maximum absolute atomic E-state index is 12.9. The molecule has 0 aliphatic rings. The van der Waals surface area contributed by atoms with Crippen LogP contribution in [-0.2, 0) is 21.2 Å². The molecule has 0 aliphatic carbocycles. The van der Waals surface area contributed by atoms with Crippen molar-refractivity contribution < 1.29 is 17.9 Å². The van der Waals surface area contributed by atoms with Crippen LogP contribution in [0, 0.1) is 18.3 Å². The molecule has 0 radical (unpaired) electrons. The number of likely N-dealkylation sites (N-methyl/N-ethyl adjacent to an activating group) is 1. The van der Waals surface area contributed by atoms with Crippen LogP contribution in [0.5, 0.6) is 5.75 Å². The molecular weight excluding hydrogens is 378 g/mol. The summed E-state index contributed by atoms with van der Waals surface area (Å²) in [6.45, 7) is 3.29. The monoisotopic (exact) mass is 401 g/mol. The van der Waals surface area contributed by atoms with E-state index >= 15 is 0 Å². The normalized spacial score (nSPS) is 11.1. The standard InChI is InChI=1S/C20H23N3O4S/c1-4-23(28(25,26)18-9-10-19(27-3)15(2)13-18)14-20(24)22-17-7-5-16(6-8-17)11-12-21/h5-10,13H,4,11,14H2,1-3H3,(H,22,24). The molecule has 0 aromatic heterocycles. The fraction of sp³-hybridized carbons (Fsp3) is 0.300. The summed E-state index contributed by atoms with van der Waals surface area (Å²) in [6, 6.07) is 13.5. The number of benzene rings is 2. The Kier molecular flexibility index (Phi) is 7.15. The Balaban J connectivity index is 2.12. The summed E-state index contributed by atoms with van der Waals surface area (Å²) >= 11 is 0. The van der Waals surface area contributed by atoms with Gasteiger partial charge in [-0.3, -0.25) is 4.79 Å². The van der Waals surface area contributed by atoms with Crippen LogP contribution in [-0.4, -0.2) is 38.8 Å². The highest BCUT2D eigenvalue weighted by molar-refractivity contribution is 7.89. The second kappa shape index (κ2) is 9.35. The van der Waals surface area contributed by atoms with Gasteiger partial charge in [0.25, 0.3) is 0 Å². The van der Waals surface area contributed by atoms with E-state index in [2.05, 4.69) is 11.4 Å². The highest BCUT2D eigenvalue weighted by Gasteiger charge is 2.26. The number of aryl methyl sites for hydroxylation is 1. The predicted molar refractivity (Wildman–Crippen MR) is 107 cm³/mol. The molecule has 0 saturated carbocycles. The van der Waals surface area contributed by atoms with Gasteiger partial charge in [-0.15, -0.1) is 0 Å². The summed E-state index contributed by atoms with van der Waals surface area (Å²) in [6.07, 6.45) is 0.289. The summed E-state index contributed by atoms with van der Waals surface area (Å²) in [4.78, 5) is 12.5. The summed E-state index contributed by atoms with van der Waals surface area (Å²) in [5.74, 6) is 0.156. The average Bonchev–Trinajstić information content (AvgIpc) is 2.67. The van der Waals surface area contributed by atoms with Crippen LogP contribution in [0.15, 0.2) is 47.4 Å². The first-order chi connectivity index (χ1) is 13.3. The van der Waals surface area contributed by atoms with Crippen LogP contribution in [0.4, 0.5) is 5.69 Å². The Hall–Kier alpha value is -2.89. The third-order valence-corrected chi connectivity index (χ3v) is 6.11. The molecule has 0 bridgehead atoms. The molecule has 0 atom stereocenters. The summed E-state index contributed by atoms with van der Waals surface area (Å²) in [5.41, 5.74) is 2.08. The lowest BCUT2D eigenvalue weighted by Crippen LogP contribution is -2.37. The molecule has 8 heteroatoms. The molecule has 2 rings (SSSR count). The zero-order valence-electron chi connectivity index (χ0n) is 16.1. The number of amides is 1. The molecular formula is C20H23N3O4S. The van der Waals surface area contributed by atoms with Crippen molar-refractivity contribution in [2.45, 2.75) is 25.2 Å². The average molecular weight is 401 g/mol. The zero-order chi connectivity index (χ0) is 20.7. The first-order valence-electron chi connectivity index (χ1n) is 8.72. The number of hydrogen-bond acceptors (Lipinski definition) is 5. The Morgan fingerprint density at radius 2 is 1.89 bits per heavy atom. The molecule has 2 aromatic rings. The fourth-order valence-electron chi connectivity index (χ4n) is 2.69. The van der Waals surface area contributed by atoms with Crippen LogP contribution < -0.4 is 10.1 Å². The molecule has 7 nitrogen and oxygen atoms in total. The van der Waals surface area contributed by atoms with Gasteiger partial charge in [0.15, 0.2) is 0 Å². The van der Waals surface area contributed by atoms with Gasteiger partial charge < -0.3 is 10.1 Å². The Bertz CT molecular complexity index is 980. The van der Waals surface area contributed by atoms with E-state index < -0.39 is 15.9 Å². The van der Waals surface area contributed by atoms with Crippen molar-refractivity contribution in [3.8, 4) is 11.8 Å². The molecule has 0 heterocycles. The maximum atomic E-state index is 12.9. The van der Waals surface area contributed by atoms with Crippen LogP contribution in [0.3, 0.4) is 0 Å². The number of anilines is 1. The van der Waals surface area contributed by atoms with Gasteiger partial charge in [0.05, 0.1) is 31.0 Å². The lowest BCUT2D eigenvalue weighted by atomic mass is 10.1. The molecule has 148 valence electrons. The molecule has 0 aliphatic heterocycles. The third kappa shape index (κ3) is 5.09. The van der Waals surface area contributed by atoms with Crippen LogP contribution in [0.25, 0.3) is 0 Å². The number of nitrogens with one attached hydrogen (secondary N) is 1. The van der Waals surface area contributed by atoms with E-state index in [1.54, 1.807) is 44.2 Å². The summed E-state index contributed by atoms with van der Waals surface area (Å²) < 4.78 is 32.1. The SMILES string of the molecule is CCN(CC(=O)Nc1ccc(CC#N)cc1)S(=O)(=O)c1ccc(OC)c(C)c1. The van der Waals surface area contributed by atoms with Crippen molar-refractivity contribution in [3.63, 3.8) is 0 Å². The molecule has 1 amide bonds. The number of carbonyl (C=O) groups excluding carboxylic acids is 1. The van der Waals surface area contributed by atoms with Crippen molar-refractivity contribution in [2.75, 3.05) is 25.5 Å². The number of methoxy groups -OCH3 is 1. The van der Waals surface area contributed by atoms with Crippen LogP contribution in [0.1, 0.15) is 18.1 Å². The molecule has 0 saturated heterocycles.